The summed E-state index contributed by atoms with van der Waals surface area (Å²) in [7, 11) is 0. The Bertz CT molecular complexity index is 849. The first-order chi connectivity index (χ1) is 13.6. The lowest BCUT2D eigenvalue weighted by Crippen LogP contribution is -2.24. The van der Waals surface area contributed by atoms with E-state index in [0.29, 0.717) is 24.2 Å². The molecule has 0 fully saturated rings. The first-order valence-electron chi connectivity index (χ1n) is 9.99. The maximum atomic E-state index is 14.8. The quantitative estimate of drug-likeness (QED) is 0.407. The molecule has 0 heterocycles. The highest BCUT2D eigenvalue weighted by molar-refractivity contribution is 5.54. The highest BCUT2D eigenvalue weighted by atomic mass is 19.1. The average molecular weight is 394 g/mol. The summed E-state index contributed by atoms with van der Waals surface area (Å²) in [5.74, 6) is 0. The lowest BCUT2D eigenvalue weighted by atomic mass is 9.91. The molecular weight excluding hydrogens is 364 g/mol. The number of nitrogens with zero attached hydrogens (tertiary/aromatic N) is 1. The molecular formula is C26H29F2N. The molecule has 0 amide bonds. The number of rotatable bonds is 7. The molecule has 0 spiro atoms. The summed E-state index contributed by atoms with van der Waals surface area (Å²) in [6, 6.07) is 25.6. The van der Waals surface area contributed by atoms with E-state index in [2.05, 4.69) is 29.2 Å². The van der Waals surface area contributed by atoms with Gasteiger partial charge in [0.15, 0.2) is 0 Å². The van der Waals surface area contributed by atoms with Gasteiger partial charge in [0.25, 0.3) is 0 Å². The third kappa shape index (κ3) is 5.66. The van der Waals surface area contributed by atoms with Crippen molar-refractivity contribution in [3.63, 3.8) is 0 Å². The Morgan fingerprint density at radius 2 is 1.00 bits per heavy atom. The monoisotopic (exact) mass is 393 g/mol. The fourth-order valence-electron chi connectivity index (χ4n) is 3.33. The van der Waals surface area contributed by atoms with E-state index < -0.39 is 11.3 Å². The maximum absolute atomic E-state index is 14.8. The zero-order chi connectivity index (χ0) is 21.1. The molecule has 3 heteroatoms. The van der Waals surface area contributed by atoms with Gasteiger partial charge in [-0.3, -0.25) is 0 Å². The zero-order valence-corrected chi connectivity index (χ0v) is 17.6. The molecule has 0 aliphatic carbocycles. The lowest BCUT2D eigenvalue weighted by Gasteiger charge is -2.29. The van der Waals surface area contributed by atoms with E-state index in [0.717, 1.165) is 16.8 Å². The van der Waals surface area contributed by atoms with Crippen molar-refractivity contribution in [2.75, 3.05) is 4.90 Å². The topological polar surface area (TPSA) is 3.24 Å². The first kappa shape index (κ1) is 21.0. The molecule has 1 nitrogen and oxygen atoms in total. The minimum Gasteiger partial charge on any atom is -0.363 e. The van der Waals surface area contributed by atoms with Gasteiger partial charge in [-0.25, -0.2) is 8.78 Å². The van der Waals surface area contributed by atoms with Crippen molar-refractivity contribution < 1.29 is 8.78 Å². The largest absolute Gasteiger partial charge is 0.363 e. The predicted molar refractivity (Wildman–Crippen MR) is 117 cm³/mol. The Morgan fingerprint density at radius 1 is 0.621 bits per heavy atom. The van der Waals surface area contributed by atoms with Crippen LogP contribution < -0.4 is 4.90 Å². The molecule has 3 aromatic carbocycles. The molecule has 0 radical (unpaired) electrons. The summed E-state index contributed by atoms with van der Waals surface area (Å²) in [6.45, 7) is 7.36. The van der Waals surface area contributed by atoms with Gasteiger partial charge in [0.2, 0.25) is 0 Å². The minimum absolute atomic E-state index is 0.488. The van der Waals surface area contributed by atoms with E-state index in [1.165, 1.54) is 27.7 Å². The number of hydrogen-bond acceptors (Lipinski definition) is 1. The van der Waals surface area contributed by atoms with Crippen LogP contribution in [0.3, 0.4) is 0 Å². The Hall–Kier alpha value is -2.68. The summed E-state index contributed by atoms with van der Waals surface area (Å²) in [5, 5.41) is 0. The van der Waals surface area contributed by atoms with E-state index in [1.807, 2.05) is 48.5 Å². The number of anilines is 1. The molecule has 0 aliphatic rings. The molecule has 0 saturated heterocycles. The summed E-state index contributed by atoms with van der Waals surface area (Å²) < 4.78 is 29.7. The Morgan fingerprint density at radius 3 is 1.34 bits per heavy atom. The van der Waals surface area contributed by atoms with Gasteiger partial charge in [-0.15, -0.1) is 0 Å². The third-order valence-electron chi connectivity index (χ3n) is 5.09. The smallest absolute Gasteiger partial charge is 0.130 e. The number of alkyl halides is 2. The zero-order valence-electron chi connectivity index (χ0n) is 17.6. The van der Waals surface area contributed by atoms with Crippen LogP contribution in [0.1, 0.15) is 49.9 Å². The molecule has 0 atom stereocenters. The van der Waals surface area contributed by atoms with Gasteiger partial charge in [0.1, 0.15) is 11.3 Å². The van der Waals surface area contributed by atoms with Gasteiger partial charge < -0.3 is 4.90 Å². The van der Waals surface area contributed by atoms with Crippen molar-refractivity contribution in [2.45, 2.75) is 52.1 Å². The van der Waals surface area contributed by atoms with Crippen LogP contribution in [0.15, 0.2) is 78.9 Å². The standard InChI is InChI=1S/C26H29F2N/c1-25(2,27)22-15-23(26(3,4)28)17-24(16-22)29(18-20-11-7-5-8-12-20)19-21-13-9-6-10-14-21/h5-17H,18-19H2,1-4H3. The Balaban J connectivity index is 2.08. The SMILES string of the molecule is CC(C)(F)c1cc(N(Cc2ccccc2)Cc2ccccc2)cc(C(C)(C)F)c1. The Labute approximate surface area is 173 Å². The second-order valence-corrected chi connectivity index (χ2v) is 8.54. The maximum Gasteiger partial charge on any atom is 0.130 e. The molecule has 29 heavy (non-hydrogen) atoms. The van der Waals surface area contributed by atoms with E-state index in [-0.39, 0.29) is 0 Å². The van der Waals surface area contributed by atoms with Gasteiger partial charge in [-0.2, -0.15) is 0 Å². The molecule has 0 N–H and O–H groups in total. The summed E-state index contributed by atoms with van der Waals surface area (Å²) in [6.07, 6.45) is 0. The molecule has 0 bridgehead atoms. The van der Waals surface area contributed by atoms with Crippen molar-refractivity contribution in [2.24, 2.45) is 0 Å². The van der Waals surface area contributed by atoms with Gasteiger partial charge in [0, 0.05) is 18.8 Å². The van der Waals surface area contributed by atoms with Crippen LogP contribution in [-0.2, 0) is 24.4 Å². The van der Waals surface area contributed by atoms with Gasteiger partial charge in [-0.05, 0) is 68.1 Å². The fraction of sp³-hybridized carbons (Fsp3) is 0.308. The van der Waals surface area contributed by atoms with Crippen molar-refractivity contribution in [3.8, 4) is 0 Å². The van der Waals surface area contributed by atoms with Gasteiger partial charge in [-0.1, -0.05) is 60.7 Å². The average Bonchev–Trinajstić information content (AvgIpc) is 2.67. The number of halogens is 2. The highest BCUT2D eigenvalue weighted by Gasteiger charge is 2.26. The van der Waals surface area contributed by atoms with Crippen LogP contribution in [0, 0.1) is 0 Å². The van der Waals surface area contributed by atoms with E-state index in [9.17, 15) is 8.78 Å². The van der Waals surface area contributed by atoms with Crippen LogP contribution >= 0.6 is 0 Å². The molecule has 3 rings (SSSR count). The van der Waals surface area contributed by atoms with Crippen LogP contribution in [0.4, 0.5) is 14.5 Å². The normalized spacial score (nSPS) is 12.1. The van der Waals surface area contributed by atoms with Gasteiger partial charge in [0.05, 0.1) is 0 Å². The van der Waals surface area contributed by atoms with Crippen molar-refractivity contribution in [1.29, 1.82) is 0 Å². The molecule has 0 saturated carbocycles. The van der Waals surface area contributed by atoms with Crippen LogP contribution in [-0.4, -0.2) is 0 Å². The Kier molecular flexibility index (Phi) is 6.07. The molecule has 0 aromatic heterocycles. The van der Waals surface area contributed by atoms with Crippen molar-refractivity contribution in [3.05, 3.63) is 101 Å². The van der Waals surface area contributed by atoms with Crippen LogP contribution in [0.5, 0.6) is 0 Å². The number of hydrogen-bond donors (Lipinski definition) is 0. The third-order valence-corrected chi connectivity index (χ3v) is 5.09. The summed E-state index contributed by atoms with van der Waals surface area (Å²) in [5.41, 5.74) is 0.983. The fourth-order valence-corrected chi connectivity index (χ4v) is 3.33. The number of benzene rings is 3. The summed E-state index contributed by atoms with van der Waals surface area (Å²) in [4.78, 5) is 2.18. The van der Waals surface area contributed by atoms with E-state index in [4.69, 9.17) is 0 Å². The predicted octanol–water partition coefficient (Wildman–Crippen LogP) is 7.30. The van der Waals surface area contributed by atoms with Crippen molar-refractivity contribution >= 4 is 5.69 Å². The lowest BCUT2D eigenvalue weighted by molar-refractivity contribution is 0.212. The van der Waals surface area contributed by atoms with E-state index in [1.54, 1.807) is 6.07 Å². The molecule has 0 unspecified atom stereocenters. The van der Waals surface area contributed by atoms with Gasteiger partial charge >= 0.3 is 0 Å². The molecule has 3 aromatic rings. The minimum atomic E-state index is -1.55. The van der Waals surface area contributed by atoms with Crippen LogP contribution in [0.25, 0.3) is 0 Å². The molecule has 0 aliphatic heterocycles. The highest BCUT2D eigenvalue weighted by Crippen LogP contribution is 2.35. The van der Waals surface area contributed by atoms with Crippen LogP contribution in [0.2, 0.25) is 0 Å². The second-order valence-electron chi connectivity index (χ2n) is 8.54. The second kappa shape index (κ2) is 8.36. The summed E-state index contributed by atoms with van der Waals surface area (Å²) >= 11 is 0. The first-order valence-corrected chi connectivity index (χ1v) is 9.99. The van der Waals surface area contributed by atoms with E-state index >= 15 is 0 Å². The molecule has 152 valence electrons. The van der Waals surface area contributed by atoms with Crippen molar-refractivity contribution in [1.82, 2.24) is 0 Å².